The van der Waals surface area contributed by atoms with Gasteiger partial charge in [0.2, 0.25) is 10.0 Å². The van der Waals surface area contributed by atoms with Crippen molar-refractivity contribution in [1.29, 1.82) is 0 Å². The molecule has 17 heavy (non-hydrogen) atoms. The number of anilines is 1. The molecule has 2 heterocycles. The summed E-state index contributed by atoms with van der Waals surface area (Å²) in [5, 5.41) is 15.8. The topological polar surface area (TPSA) is 130 Å². The van der Waals surface area contributed by atoms with E-state index in [1.807, 2.05) is 0 Å². The van der Waals surface area contributed by atoms with Gasteiger partial charge in [-0.05, 0) is 0 Å². The molecule has 1 aromatic heterocycles. The van der Waals surface area contributed by atoms with Gasteiger partial charge in [0.25, 0.3) is 0 Å². The van der Waals surface area contributed by atoms with Gasteiger partial charge in [0.15, 0.2) is 0 Å². The molecule has 0 aromatic carbocycles. The molecule has 0 amide bonds. The van der Waals surface area contributed by atoms with Gasteiger partial charge in [-0.1, -0.05) is 0 Å². The molecule has 0 bridgehead atoms. The molecule has 0 spiro atoms. The highest BCUT2D eigenvalue weighted by Gasteiger charge is 2.34. The van der Waals surface area contributed by atoms with E-state index in [2.05, 4.69) is 14.9 Å². The van der Waals surface area contributed by atoms with Gasteiger partial charge in [-0.25, -0.2) is 13.1 Å². The van der Waals surface area contributed by atoms with Crippen molar-refractivity contribution < 1.29 is 18.3 Å². The Kier molecular flexibility index (Phi) is 3.08. The summed E-state index contributed by atoms with van der Waals surface area (Å²) in [6.07, 6.45) is 1.52. The molecule has 1 aromatic rings. The van der Waals surface area contributed by atoms with E-state index in [1.165, 1.54) is 0 Å². The molecule has 5 N–H and O–H groups in total. The highest BCUT2D eigenvalue weighted by molar-refractivity contribution is 7.89. The van der Waals surface area contributed by atoms with Gasteiger partial charge in [-0.2, -0.15) is 5.10 Å². The number of ether oxygens (including phenoxy) is 1. The fourth-order valence-electron chi connectivity index (χ4n) is 1.54. The lowest BCUT2D eigenvalue weighted by Gasteiger charge is -2.20. The van der Waals surface area contributed by atoms with Crippen LogP contribution in [0.15, 0.2) is 11.1 Å². The van der Waals surface area contributed by atoms with Crippen molar-refractivity contribution in [2.45, 2.75) is 16.9 Å². The summed E-state index contributed by atoms with van der Waals surface area (Å²) in [4.78, 5) is -0.125. The van der Waals surface area contributed by atoms with Crippen molar-refractivity contribution in [1.82, 2.24) is 14.9 Å². The van der Waals surface area contributed by atoms with E-state index < -0.39 is 15.6 Å². The Morgan fingerprint density at radius 1 is 1.71 bits per heavy atom. The molecule has 1 aliphatic heterocycles. The Hall–Kier alpha value is -1.16. The number of sulfonamides is 1. The number of aliphatic hydroxyl groups is 1. The van der Waals surface area contributed by atoms with E-state index in [9.17, 15) is 13.5 Å². The number of nitrogen functional groups attached to an aromatic ring is 1. The number of nitrogens with zero attached hydrogens (tertiary/aromatic N) is 1. The third kappa shape index (κ3) is 2.57. The van der Waals surface area contributed by atoms with E-state index in [-0.39, 0.29) is 23.9 Å². The third-order valence-corrected chi connectivity index (χ3v) is 4.02. The molecule has 9 heteroatoms. The number of aromatic nitrogens is 2. The standard InChI is InChI=1S/C8H14N4O4S/c9-7-6(3-10-12-7)17(14,15)11-4-8(13)1-2-16-5-8/h3,11,13H,1-2,4-5H2,(H3,9,10,12). The van der Waals surface area contributed by atoms with E-state index >= 15 is 0 Å². The SMILES string of the molecule is Nc1[nH]ncc1S(=O)(=O)NCC1(O)CCOC1. The van der Waals surface area contributed by atoms with Gasteiger partial charge < -0.3 is 15.6 Å². The van der Waals surface area contributed by atoms with Gasteiger partial charge in [0, 0.05) is 19.6 Å². The van der Waals surface area contributed by atoms with Gasteiger partial charge >= 0.3 is 0 Å². The van der Waals surface area contributed by atoms with Crippen molar-refractivity contribution in [3.8, 4) is 0 Å². The fraction of sp³-hybridized carbons (Fsp3) is 0.625. The monoisotopic (exact) mass is 262 g/mol. The number of nitrogens with two attached hydrogens (primary N) is 1. The van der Waals surface area contributed by atoms with Gasteiger partial charge in [-0.3, -0.25) is 5.10 Å². The normalized spacial score (nSPS) is 25.2. The highest BCUT2D eigenvalue weighted by Crippen LogP contribution is 2.19. The lowest BCUT2D eigenvalue weighted by atomic mass is 10.1. The van der Waals surface area contributed by atoms with Gasteiger partial charge in [-0.15, -0.1) is 0 Å². The highest BCUT2D eigenvalue weighted by atomic mass is 32.2. The van der Waals surface area contributed by atoms with Crippen LogP contribution in [0.25, 0.3) is 0 Å². The van der Waals surface area contributed by atoms with Crippen molar-refractivity contribution in [3.05, 3.63) is 6.20 Å². The van der Waals surface area contributed by atoms with Gasteiger partial charge in [0.1, 0.15) is 16.3 Å². The van der Waals surface area contributed by atoms with Crippen molar-refractivity contribution in [2.24, 2.45) is 0 Å². The lowest BCUT2D eigenvalue weighted by Crippen LogP contribution is -2.43. The maximum atomic E-state index is 11.8. The van der Waals surface area contributed by atoms with Crippen LogP contribution in [0.2, 0.25) is 0 Å². The van der Waals surface area contributed by atoms with E-state index in [0.29, 0.717) is 13.0 Å². The van der Waals surface area contributed by atoms with Crippen LogP contribution in [0.3, 0.4) is 0 Å². The van der Waals surface area contributed by atoms with Crippen LogP contribution in [-0.4, -0.2) is 49.1 Å². The zero-order valence-electron chi connectivity index (χ0n) is 9.01. The minimum atomic E-state index is -3.76. The molecule has 1 fully saturated rings. The van der Waals surface area contributed by atoms with E-state index in [4.69, 9.17) is 10.5 Å². The van der Waals surface area contributed by atoms with Gasteiger partial charge in [0.05, 0.1) is 12.8 Å². The number of rotatable bonds is 4. The Bertz CT molecular complexity index is 491. The molecule has 8 nitrogen and oxygen atoms in total. The van der Waals surface area contributed by atoms with Crippen LogP contribution in [0.4, 0.5) is 5.82 Å². The second-order valence-corrected chi connectivity index (χ2v) is 5.73. The summed E-state index contributed by atoms with van der Waals surface area (Å²) in [6.45, 7) is 0.433. The predicted octanol–water partition coefficient (Wildman–Crippen LogP) is -1.58. The minimum absolute atomic E-state index is 0.0350. The van der Waals surface area contributed by atoms with Crippen molar-refractivity contribution >= 4 is 15.8 Å². The van der Waals surface area contributed by atoms with Crippen LogP contribution in [0.1, 0.15) is 6.42 Å². The largest absolute Gasteiger partial charge is 0.386 e. The molecule has 1 atom stereocenters. The molecule has 96 valence electrons. The Balaban J connectivity index is 2.06. The molecule has 0 radical (unpaired) electrons. The third-order valence-electron chi connectivity index (χ3n) is 2.60. The van der Waals surface area contributed by atoms with Crippen LogP contribution in [-0.2, 0) is 14.8 Å². The molecule has 1 saturated heterocycles. The van der Waals surface area contributed by atoms with Crippen molar-refractivity contribution in [2.75, 3.05) is 25.5 Å². The molecule has 1 aliphatic rings. The maximum absolute atomic E-state index is 11.8. The average Bonchev–Trinajstić information content (AvgIpc) is 2.86. The Morgan fingerprint density at radius 3 is 3.00 bits per heavy atom. The predicted molar refractivity (Wildman–Crippen MR) is 58.6 cm³/mol. The van der Waals surface area contributed by atoms with Crippen LogP contribution in [0.5, 0.6) is 0 Å². The Labute approximate surface area is 98.2 Å². The first-order valence-corrected chi connectivity index (χ1v) is 6.50. The van der Waals surface area contributed by atoms with Crippen LogP contribution < -0.4 is 10.5 Å². The number of hydrogen-bond acceptors (Lipinski definition) is 6. The summed E-state index contributed by atoms with van der Waals surface area (Å²) in [6, 6.07) is 0. The second-order valence-electron chi connectivity index (χ2n) is 4.00. The molecule has 2 rings (SSSR count). The molecule has 0 aliphatic carbocycles. The quantitative estimate of drug-likeness (QED) is 0.518. The first kappa shape index (κ1) is 12.3. The first-order valence-electron chi connectivity index (χ1n) is 5.02. The number of H-pyrrole nitrogens is 1. The Morgan fingerprint density at radius 2 is 2.47 bits per heavy atom. The number of nitrogens with one attached hydrogen (secondary N) is 2. The summed E-state index contributed by atoms with van der Waals surface area (Å²) in [5.41, 5.74) is 4.27. The lowest BCUT2D eigenvalue weighted by molar-refractivity contribution is 0.0314. The molecule has 0 saturated carbocycles. The van der Waals surface area contributed by atoms with Crippen LogP contribution >= 0.6 is 0 Å². The average molecular weight is 262 g/mol. The summed E-state index contributed by atoms with van der Waals surface area (Å²) >= 11 is 0. The number of aromatic amines is 1. The summed E-state index contributed by atoms with van der Waals surface area (Å²) < 4.78 is 30.9. The molecular weight excluding hydrogens is 248 g/mol. The fourth-order valence-corrected chi connectivity index (χ4v) is 2.68. The maximum Gasteiger partial charge on any atom is 0.245 e. The van der Waals surface area contributed by atoms with E-state index in [0.717, 1.165) is 6.20 Å². The van der Waals surface area contributed by atoms with Crippen molar-refractivity contribution in [3.63, 3.8) is 0 Å². The molecule has 1 unspecified atom stereocenters. The minimum Gasteiger partial charge on any atom is -0.386 e. The zero-order valence-corrected chi connectivity index (χ0v) is 9.83. The van der Waals surface area contributed by atoms with E-state index in [1.54, 1.807) is 0 Å². The summed E-state index contributed by atoms with van der Waals surface area (Å²) in [5.74, 6) is -0.0350. The smallest absolute Gasteiger partial charge is 0.245 e. The number of hydrogen-bond donors (Lipinski definition) is 4. The summed E-state index contributed by atoms with van der Waals surface area (Å²) in [7, 11) is -3.76. The first-order chi connectivity index (χ1) is 7.93. The zero-order chi connectivity index (χ0) is 12.5. The second kappa shape index (κ2) is 4.26. The molecular formula is C8H14N4O4S. The van der Waals surface area contributed by atoms with Crippen LogP contribution in [0, 0.1) is 0 Å².